The molecule has 10 heteroatoms. The number of ether oxygens (including phenoxy) is 1. The molecule has 3 aliphatic rings. The molecular weight excluding hydrogens is 552 g/mol. The summed E-state index contributed by atoms with van der Waals surface area (Å²) in [6.07, 6.45) is 10.9. The maximum absolute atomic E-state index is 14.6. The average Bonchev–Trinajstić information content (AvgIpc) is 3.48. The molecule has 4 heterocycles. The third kappa shape index (κ3) is 5.55. The summed E-state index contributed by atoms with van der Waals surface area (Å²) >= 11 is 0. The molecule has 2 aromatic heterocycles. The Labute approximate surface area is 260 Å². The smallest absolute Gasteiger partial charge is 0.254 e. The van der Waals surface area contributed by atoms with Crippen LogP contribution in [-0.2, 0) is 18.5 Å². The summed E-state index contributed by atoms with van der Waals surface area (Å²) in [6, 6.07) is 6.64. The number of likely N-dealkylation sites (tertiary alicyclic amines) is 1. The fourth-order valence-electron chi connectivity index (χ4n) is 7.41. The lowest BCUT2D eigenvalue weighted by atomic mass is 9.60. The number of anilines is 1. The standard InChI is InChI=1S/C34H44N8O2/c1-6-44-30-18-28(39-19-29(30)36-4)23(2)42-22-34(10-7-11-34)31-25(21-40-13-8-26(35-3)9-14-40)16-24(17-27(31)32(42)43)20-41-15-12-38-33(41)37-5/h12,15-19,23,26,35H,6-11,13-14,20-22H2,1-3,5H3,(H,37,38)/t23-/m0/s1. The van der Waals surface area contributed by atoms with Crippen LogP contribution in [0.1, 0.15) is 84.7 Å². The van der Waals surface area contributed by atoms with Crippen molar-refractivity contribution in [2.45, 2.75) is 76.5 Å². The van der Waals surface area contributed by atoms with Crippen molar-refractivity contribution in [3.63, 3.8) is 0 Å². The Morgan fingerprint density at radius 2 is 1.95 bits per heavy atom. The number of aromatic nitrogens is 3. The lowest BCUT2D eigenvalue weighted by Crippen LogP contribution is -2.54. The van der Waals surface area contributed by atoms with Crippen LogP contribution in [0.2, 0.25) is 0 Å². The van der Waals surface area contributed by atoms with Gasteiger partial charge in [0.2, 0.25) is 11.6 Å². The number of nitrogens with one attached hydrogen (secondary N) is 2. The van der Waals surface area contributed by atoms with Crippen molar-refractivity contribution in [3.8, 4) is 5.75 Å². The van der Waals surface area contributed by atoms with Crippen LogP contribution in [0.3, 0.4) is 0 Å². The number of carbonyl (C=O) groups is 1. The van der Waals surface area contributed by atoms with Crippen LogP contribution in [0.5, 0.6) is 5.75 Å². The Hall–Kier alpha value is -3.94. The van der Waals surface area contributed by atoms with Gasteiger partial charge in [-0.25, -0.2) is 9.83 Å². The van der Waals surface area contributed by atoms with Crippen molar-refractivity contribution in [1.82, 2.24) is 29.7 Å². The highest BCUT2D eigenvalue weighted by atomic mass is 16.5. The van der Waals surface area contributed by atoms with Gasteiger partial charge in [0.05, 0.1) is 31.5 Å². The minimum Gasteiger partial charge on any atom is -0.505 e. The third-order valence-corrected chi connectivity index (χ3v) is 9.95. The second-order valence-electron chi connectivity index (χ2n) is 12.5. The van der Waals surface area contributed by atoms with Crippen LogP contribution in [-0.4, -0.2) is 76.6 Å². The number of fused-ring (bicyclic) bond motifs is 2. The van der Waals surface area contributed by atoms with Gasteiger partial charge in [-0.15, -0.1) is 0 Å². The number of hydrogen-bond donors (Lipinski definition) is 2. The Bertz CT molecular complexity index is 1550. The molecule has 0 bridgehead atoms. The summed E-state index contributed by atoms with van der Waals surface area (Å²) in [7, 11) is 3.94. The quantitative estimate of drug-likeness (QED) is 0.313. The molecule has 2 aliphatic heterocycles. The Kier molecular flexibility index (Phi) is 8.61. The van der Waals surface area contributed by atoms with E-state index in [1.807, 2.05) is 38.1 Å². The second-order valence-corrected chi connectivity index (χ2v) is 12.5. The van der Waals surface area contributed by atoms with Gasteiger partial charge >= 0.3 is 0 Å². The highest BCUT2D eigenvalue weighted by Gasteiger charge is 2.49. The first-order valence-electron chi connectivity index (χ1n) is 16.0. The van der Waals surface area contributed by atoms with Crippen LogP contribution in [0.25, 0.3) is 4.85 Å². The van der Waals surface area contributed by atoms with E-state index in [9.17, 15) is 4.79 Å². The number of hydrogen-bond acceptors (Lipinski definition) is 7. The van der Waals surface area contributed by atoms with E-state index < -0.39 is 0 Å². The van der Waals surface area contributed by atoms with Gasteiger partial charge in [0, 0.05) is 55.7 Å². The van der Waals surface area contributed by atoms with Crippen LogP contribution >= 0.6 is 0 Å². The van der Waals surface area contributed by atoms with Gasteiger partial charge < -0.3 is 24.8 Å². The zero-order valence-corrected chi connectivity index (χ0v) is 26.4. The number of benzene rings is 1. The Morgan fingerprint density at radius 1 is 1.16 bits per heavy atom. The molecule has 10 nitrogen and oxygen atoms in total. The largest absolute Gasteiger partial charge is 0.505 e. The molecule has 232 valence electrons. The molecule has 1 amide bonds. The molecule has 1 spiro atoms. The first-order chi connectivity index (χ1) is 21.4. The van der Waals surface area contributed by atoms with E-state index in [0.29, 0.717) is 37.2 Å². The number of rotatable bonds is 10. The number of carbonyl (C=O) groups excluding carboxylic acids is 1. The van der Waals surface area contributed by atoms with Gasteiger partial charge in [-0.1, -0.05) is 12.5 Å². The number of amides is 1. The fraction of sp³-hybridized carbons (Fsp3) is 0.529. The molecule has 0 radical (unpaired) electrons. The molecule has 2 fully saturated rings. The van der Waals surface area contributed by atoms with E-state index in [2.05, 4.69) is 54.1 Å². The van der Waals surface area contributed by atoms with E-state index >= 15 is 0 Å². The fourth-order valence-corrected chi connectivity index (χ4v) is 7.41. The van der Waals surface area contributed by atoms with Gasteiger partial charge in [0.1, 0.15) is 5.75 Å². The monoisotopic (exact) mass is 596 g/mol. The van der Waals surface area contributed by atoms with Crippen LogP contribution < -0.4 is 15.4 Å². The lowest BCUT2D eigenvalue weighted by Gasteiger charge is -2.52. The van der Waals surface area contributed by atoms with Crippen LogP contribution in [0.4, 0.5) is 11.6 Å². The van der Waals surface area contributed by atoms with Crippen LogP contribution in [0.15, 0.2) is 36.8 Å². The van der Waals surface area contributed by atoms with E-state index in [0.717, 1.165) is 74.5 Å². The SMILES string of the molecule is [C-]#[N+]c1cnc([C@H](C)N2CC3(CCC3)c3c(CN4CCC(NC)CC4)cc(Cn4ccnc4NC)cc3C2=O)cc1OCC. The maximum atomic E-state index is 14.6. The van der Waals surface area contributed by atoms with Crippen molar-refractivity contribution in [2.24, 2.45) is 0 Å². The van der Waals surface area contributed by atoms with Crippen molar-refractivity contribution in [2.75, 3.05) is 45.7 Å². The molecule has 1 saturated heterocycles. The van der Waals surface area contributed by atoms with E-state index in [1.54, 1.807) is 12.4 Å². The van der Waals surface area contributed by atoms with Gasteiger partial charge in [-0.3, -0.25) is 14.7 Å². The molecule has 6 rings (SSSR count). The van der Waals surface area contributed by atoms with Crippen molar-refractivity contribution in [1.29, 1.82) is 0 Å². The number of imidazole rings is 1. The number of pyridine rings is 1. The van der Waals surface area contributed by atoms with Gasteiger partial charge in [-0.05, 0) is 88.5 Å². The predicted octanol–water partition coefficient (Wildman–Crippen LogP) is 5.14. The molecular formula is C34H44N8O2. The lowest BCUT2D eigenvalue weighted by molar-refractivity contribution is 0.0481. The van der Waals surface area contributed by atoms with E-state index in [1.165, 1.54) is 11.1 Å². The first kappa shape index (κ1) is 30.1. The summed E-state index contributed by atoms with van der Waals surface area (Å²) in [5.41, 5.74) is 5.57. The number of nitrogens with zero attached hydrogens (tertiary/aromatic N) is 6. The second kappa shape index (κ2) is 12.6. The molecule has 44 heavy (non-hydrogen) atoms. The molecule has 1 aliphatic carbocycles. The van der Waals surface area contributed by atoms with Crippen molar-refractivity contribution < 1.29 is 9.53 Å². The normalized spacial score (nSPS) is 18.9. The summed E-state index contributed by atoms with van der Waals surface area (Å²) in [4.78, 5) is 31.8. The Balaban J connectivity index is 1.40. The van der Waals surface area contributed by atoms with Crippen molar-refractivity contribution in [3.05, 3.63) is 76.2 Å². The summed E-state index contributed by atoms with van der Waals surface area (Å²) in [6.45, 7) is 16.2. The highest BCUT2D eigenvalue weighted by Crippen LogP contribution is 2.51. The first-order valence-corrected chi connectivity index (χ1v) is 16.0. The van der Waals surface area contributed by atoms with E-state index in [4.69, 9.17) is 11.3 Å². The molecule has 1 atom stereocenters. The maximum Gasteiger partial charge on any atom is 0.254 e. The zero-order valence-electron chi connectivity index (χ0n) is 26.4. The molecule has 1 aromatic carbocycles. The summed E-state index contributed by atoms with van der Waals surface area (Å²) in [5.74, 6) is 1.37. The van der Waals surface area contributed by atoms with E-state index in [-0.39, 0.29) is 17.4 Å². The van der Waals surface area contributed by atoms with Gasteiger partial charge in [-0.2, -0.15) is 0 Å². The van der Waals surface area contributed by atoms with Crippen molar-refractivity contribution >= 4 is 17.5 Å². The van der Waals surface area contributed by atoms with Crippen LogP contribution in [0, 0.1) is 6.57 Å². The zero-order chi connectivity index (χ0) is 30.8. The average molecular weight is 597 g/mol. The minimum atomic E-state index is -0.260. The molecule has 3 aromatic rings. The van der Waals surface area contributed by atoms with Gasteiger partial charge in [0.15, 0.2) is 0 Å². The topological polar surface area (TPSA) is 91.9 Å². The summed E-state index contributed by atoms with van der Waals surface area (Å²) in [5, 5.41) is 6.62. The summed E-state index contributed by atoms with van der Waals surface area (Å²) < 4.78 is 7.86. The highest BCUT2D eigenvalue weighted by molar-refractivity contribution is 5.98. The minimum absolute atomic E-state index is 0.0514. The third-order valence-electron chi connectivity index (χ3n) is 9.95. The Morgan fingerprint density at radius 3 is 2.61 bits per heavy atom. The molecule has 1 saturated carbocycles. The number of piperidine rings is 1. The van der Waals surface area contributed by atoms with Gasteiger partial charge in [0.25, 0.3) is 5.91 Å². The predicted molar refractivity (Wildman–Crippen MR) is 171 cm³/mol. The molecule has 0 unspecified atom stereocenters. The molecule has 2 N–H and O–H groups in total.